The first-order valence-corrected chi connectivity index (χ1v) is 3.92. The summed E-state index contributed by atoms with van der Waals surface area (Å²) in [6, 6.07) is 2.89. The fourth-order valence-corrected chi connectivity index (χ4v) is 1.01. The van der Waals surface area contributed by atoms with Gasteiger partial charge in [0.2, 0.25) is 11.5 Å². The molecule has 0 saturated heterocycles. The lowest BCUT2D eigenvalue weighted by molar-refractivity contribution is 0.294. The number of phenolic OH excluding ortho intramolecular Hbond substituents is 2. The summed E-state index contributed by atoms with van der Waals surface area (Å²) in [6.07, 6.45) is 0. The second-order valence-corrected chi connectivity index (χ2v) is 2.40. The van der Waals surface area contributed by atoms with Gasteiger partial charge in [0.25, 0.3) is 0 Å². The first kappa shape index (κ1) is 9.51. The summed E-state index contributed by atoms with van der Waals surface area (Å²) < 4.78 is 10.0. The van der Waals surface area contributed by atoms with Crippen molar-refractivity contribution in [2.24, 2.45) is 0 Å². The highest BCUT2D eigenvalue weighted by atomic mass is 16.5. The molecule has 0 spiro atoms. The lowest BCUT2D eigenvalue weighted by Gasteiger charge is -2.10. The van der Waals surface area contributed by atoms with Gasteiger partial charge in [-0.05, 0) is 19.1 Å². The number of phenols is 2. The standard InChI is InChI=1S/C9H12O4/c1-3-13-7-5-4-6(10)8(11)9(7)12-2/h4-5,10-11H,3H2,1-2H3. The zero-order valence-electron chi connectivity index (χ0n) is 7.57. The molecule has 1 aromatic carbocycles. The molecule has 0 atom stereocenters. The first-order valence-electron chi connectivity index (χ1n) is 3.92. The van der Waals surface area contributed by atoms with Crippen LogP contribution in [-0.4, -0.2) is 23.9 Å². The van der Waals surface area contributed by atoms with Crippen LogP contribution in [0.5, 0.6) is 23.0 Å². The predicted molar refractivity (Wildman–Crippen MR) is 47.5 cm³/mol. The molecular weight excluding hydrogens is 172 g/mol. The van der Waals surface area contributed by atoms with E-state index in [-0.39, 0.29) is 17.2 Å². The molecule has 4 nitrogen and oxygen atoms in total. The van der Waals surface area contributed by atoms with Crippen molar-refractivity contribution in [3.63, 3.8) is 0 Å². The lowest BCUT2D eigenvalue weighted by atomic mass is 10.2. The second-order valence-electron chi connectivity index (χ2n) is 2.40. The third-order valence-electron chi connectivity index (χ3n) is 1.58. The van der Waals surface area contributed by atoms with Crippen molar-refractivity contribution in [3.8, 4) is 23.0 Å². The molecule has 0 amide bonds. The van der Waals surface area contributed by atoms with E-state index in [1.807, 2.05) is 6.92 Å². The molecule has 0 aliphatic rings. The SMILES string of the molecule is CCOc1ccc(O)c(O)c1OC. The van der Waals surface area contributed by atoms with E-state index in [1.165, 1.54) is 19.2 Å². The average molecular weight is 184 g/mol. The lowest BCUT2D eigenvalue weighted by Crippen LogP contribution is -1.95. The minimum Gasteiger partial charge on any atom is -0.504 e. The first-order chi connectivity index (χ1) is 6.20. The van der Waals surface area contributed by atoms with Crippen LogP contribution in [0.4, 0.5) is 0 Å². The second kappa shape index (κ2) is 3.89. The molecule has 0 fully saturated rings. The van der Waals surface area contributed by atoms with Crippen LogP contribution in [0.1, 0.15) is 6.92 Å². The molecule has 0 saturated carbocycles. The predicted octanol–water partition coefficient (Wildman–Crippen LogP) is 1.51. The fraction of sp³-hybridized carbons (Fsp3) is 0.333. The molecule has 1 aromatic rings. The van der Waals surface area contributed by atoms with E-state index in [4.69, 9.17) is 14.6 Å². The van der Waals surface area contributed by atoms with Gasteiger partial charge in [-0.2, -0.15) is 0 Å². The Hall–Kier alpha value is -1.58. The van der Waals surface area contributed by atoms with Crippen LogP contribution in [0.2, 0.25) is 0 Å². The molecule has 4 heteroatoms. The number of rotatable bonds is 3. The van der Waals surface area contributed by atoms with Crippen LogP contribution in [-0.2, 0) is 0 Å². The molecule has 0 heterocycles. The van der Waals surface area contributed by atoms with Crippen LogP contribution in [0, 0.1) is 0 Å². The summed E-state index contributed by atoms with van der Waals surface area (Å²) in [5.74, 6) is 0.0518. The van der Waals surface area contributed by atoms with Crippen LogP contribution >= 0.6 is 0 Å². The Morgan fingerprint density at radius 2 is 2.00 bits per heavy atom. The number of hydrogen-bond acceptors (Lipinski definition) is 4. The largest absolute Gasteiger partial charge is 0.504 e. The van der Waals surface area contributed by atoms with Gasteiger partial charge < -0.3 is 19.7 Å². The van der Waals surface area contributed by atoms with E-state index in [2.05, 4.69) is 0 Å². The molecule has 13 heavy (non-hydrogen) atoms. The smallest absolute Gasteiger partial charge is 0.207 e. The molecule has 1 rings (SSSR count). The van der Waals surface area contributed by atoms with Crippen LogP contribution in [0.15, 0.2) is 12.1 Å². The monoisotopic (exact) mass is 184 g/mol. The van der Waals surface area contributed by atoms with Gasteiger partial charge in [0.05, 0.1) is 13.7 Å². The van der Waals surface area contributed by atoms with E-state index in [0.717, 1.165) is 0 Å². The third kappa shape index (κ3) is 1.77. The topological polar surface area (TPSA) is 58.9 Å². The Morgan fingerprint density at radius 3 is 2.54 bits per heavy atom. The van der Waals surface area contributed by atoms with Crippen LogP contribution in [0.25, 0.3) is 0 Å². The molecule has 72 valence electrons. The fourth-order valence-electron chi connectivity index (χ4n) is 1.01. The molecule has 0 bridgehead atoms. The summed E-state index contributed by atoms with van der Waals surface area (Å²) in [4.78, 5) is 0. The normalized spacial score (nSPS) is 9.69. The third-order valence-corrected chi connectivity index (χ3v) is 1.58. The van der Waals surface area contributed by atoms with Crippen molar-refractivity contribution in [2.45, 2.75) is 6.92 Å². The zero-order valence-corrected chi connectivity index (χ0v) is 7.57. The molecule has 0 radical (unpaired) electrons. The minimum atomic E-state index is -0.298. The number of hydrogen-bond donors (Lipinski definition) is 2. The van der Waals surface area contributed by atoms with Gasteiger partial charge >= 0.3 is 0 Å². The highest BCUT2D eigenvalue weighted by Gasteiger charge is 2.13. The minimum absolute atomic E-state index is 0.154. The Morgan fingerprint density at radius 1 is 1.31 bits per heavy atom. The van der Waals surface area contributed by atoms with Gasteiger partial charge in [-0.3, -0.25) is 0 Å². The molecule has 0 aromatic heterocycles. The summed E-state index contributed by atoms with van der Waals surface area (Å²) >= 11 is 0. The van der Waals surface area contributed by atoms with Gasteiger partial charge in [0.15, 0.2) is 11.5 Å². The number of aromatic hydroxyl groups is 2. The van der Waals surface area contributed by atoms with Crippen molar-refractivity contribution in [3.05, 3.63) is 12.1 Å². The number of methoxy groups -OCH3 is 1. The Balaban J connectivity index is 3.13. The number of benzene rings is 1. The van der Waals surface area contributed by atoms with Gasteiger partial charge in [0, 0.05) is 0 Å². The Bertz CT molecular complexity index is 296. The summed E-state index contributed by atoms with van der Waals surface area (Å²) in [5, 5.41) is 18.5. The quantitative estimate of drug-likeness (QED) is 0.699. The van der Waals surface area contributed by atoms with Gasteiger partial charge in [-0.1, -0.05) is 0 Å². The van der Waals surface area contributed by atoms with E-state index in [1.54, 1.807) is 0 Å². The maximum absolute atomic E-state index is 9.35. The maximum Gasteiger partial charge on any atom is 0.207 e. The summed E-state index contributed by atoms with van der Waals surface area (Å²) in [7, 11) is 1.40. The molecule has 0 unspecified atom stereocenters. The molecular formula is C9H12O4. The number of ether oxygens (including phenoxy) is 2. The van der Waals surface area contributed by atoms with Crippen molar-refractivity contribution in [1.29, 1.82) is 0 Å². The summed E-state index contributed by atoms with van der Waals surface area (Å²) in [6.45, 7) is 2.30. The summed E-state index contributed by atoms with van der Waals surface area (Å²) in [5.41, 5.74) is 0. The van der Waals surface area contributed by atoms with Crippen LogP contribution in [0.3, 0.4) is 0 Å². The Labute approximate surface area is 76.3 Å². The van der Waals surface area contributed by atoms with Gasteiger partial charge in [0.1, 0.15) is 0 Å². The maximum atomic E-state index is 9.35. The van der Waals surface area contributed by atoms with Crippen molar-refractivity contribution < 1.29 is 19.7 Å². The van der Waals surface area contributed by atoms with Gasteiger partial charge in [-0.25, -0.2) is 0 Å². The molecule has 0 aliphatic heterocycles. The molecule has 0 aliphatic carbocycles. The molecule has 2 N–H and O–H groups in total. The van der Waals surface area contributed by atoms with Crippen molar-refractivity contribution in [1.82, 2.24) is 0 Å². The highest BCUT2D eigenvalue weighted by Crippen LogP contribution is 2.42. The average Bonchev–Trinajstić information content (AvgIpc) is 2.12. The zero-order chi connectivity index (χ0) is 9.84. The van der Waals surface area contributed by atoms with E-state index in [9.17, 15) is 5.11 Å². The van der Waals surface area contributed by atoms with Crippen molar-refractivity contribution >= 4 is 0 Å². The van der Waals surface area contributed by atoms with Crippen molar-refractivity contribution in [2.75, 3.05) is 13.7 Å². The van der Waals surface area contributed by atoms with Crippen LogP contribution < -0.4 is 9.47 Å². The van der Waals surface area contributed by atoms with E-state index >= 15 is 0 Å². The Kier molecular flexibility index (Phi) is 2.84. The highest BCUT2D eigenvalue weighted by molar-refractivity contribution is 5.57. The van der Waals surface area contributed by atoms with E-state index < -0.39 is 0 Å². The van der Waals surface area contributed by atoms with Gasteiger partial charge in [-0.15, -0.1) is 0 Å². The van der Waals surface area contributed by atoms with E-state index in [0.29, 0.717) is 12.4 Å².